The van der Waals surface area contributed by atoms with Gasteiger partial charge in [-0.2, -0.15) is 5.10 Å². The Morgan fingerprint density at radius 1 is 1.28 bits per heavy atom. The van der Waals surface area contributed by atoms with Gasteiger partial charge in [0, 0.05) is 36.2 Å². The van der Waals surface area contributed by atoms with Gasteiger partial charge in [-0.3, -0.25) is 14.7 Å². The smallest absolute Gasteiger partial charge is 0.407 e. The van der Waals surface area contributed by atoms with Crippen molar-refractivity contribution in [3.63, 3.8) is 0 Å². The van der Waals surface area contributed by atoms with E-state index in [9.17, 15) is 14.4 Å². The first-order valence-corrected chi connectivity index (χ1v) is 13.0. The number of hydrogen-bond acceptors (Lipinski definition) is 5. The number of aromatic amines is 1. The number of rotatable bonds is 7. The lowest BCUT2D eigenvalue weighted by Crippen LogP contribution is -2.36. The summed E-state index contributed by atoms with van der Waals surface area (Å²) >= 11 is 6.46. The highest BCUT2D eigenvalue weighted by molar-refractivity contribution is 6.34. The van der Waals surface area contributed by atoms with Crippen molar-refractivity contribution in [1.82, 2.24) is 15.5 Å². The van der Waals surface area contributed by atoms with Crippen molar-refractivity contribution in [2.24, 2.45) is 0 Å². The molecule has 192 valence electrons. The van der Waals surface area contributed by atoms with Crippen LogP contribution in [0.3, 0.4) is 0 Å². The Labute approximate surface area is 215 Å². The van der Waals surface area contributed by atoms with Crippen molar-refractivity contribution in [3.05, 3.63) is 40.5 Å². The van der Waals surface area contributed by atoms with E-state index >= 15 is 0 Å². The number of carbonyl (C=O) groups excluding carboxylic acids is 3. The second-order valence-electron chi connectivity index (χ2n) is 10.5. The maximum absolute atomic E-state index is 12.9. The number of carbonyl (C=O) groups is 3. The van der Waals surface area contributed by atoms with Gasteiger partial charge >= 0.3 is 6.09 Å². The van der Waals surface area contributed by atoms with Crippen molar-refractivity contribution in [2.45, 2.75) is 82.3 Å². The third kappa shape index (κ3) is 5.36. The predicted octanol–water partition coefficient (Wildman–Crippen LogP) is 4.85. The monoisotopic (exact) mass is 513 g/mol. The number of amides is 3. The molecular formula is C26H32ClN5O4. The topological polar surface area (TPSA) is 116 Å². The van der Waals surface area contributed by atoms with Gasteiger partial charge in [0.2, 0.25) is 11.8 Å². The quantitative estimate of drug-likeness (QED) is 0.489. The largest absolute Gasteiger partial charge is 0.446 e. The van der Waals surface area contributed by atoms with Crippen molar-refractivity contribution in [1.29, 1.82) is 0 Å². The van der Waals surface area contributed by atoms with Crippen LogP contribution in [-0.2, 0) is 14.3 Å². The van der Waals surface area contributed by atoms with Crippen molar-refractivity contribution in [3.8, 4) is 0 Å². The van der Waals surface area contributed by atoms with Crippen LogP contribution in [-0.4, -0.2) is 46.3 Å². The number of anilines is 2. The molecule has 1 unspecified atom stereocenters. The Kier molecular flexibility index (Phi) is 6.68. The van der Waals surface area contributed by atoms with Crippen LogP contribution in [0.1, 0.15) is 81.9 Å². The third-order valence-electron chi connectivity index (χ3n) is 7.58. The number of halogens is 1. The summed E-state index contributed by atoms with van der Waals surface area (Å²) in [5.74, 6) is 0.0559. The SMILES string of the molecule is CC(C(=O)Nc1cc([C@H]2CC[C@@H](OC(=O)NC3(C)CC3)C2)[nH]n1)c1ccc(N2CCCC2=O)c(Cl)c1. The highest BCUT2D eigenvalue weighted by Gasteiger charge is 2.40. The molecule has 2 aliphatic carbocycles. The van der Waals surface area contributed by atoms with Crippen LogP contribution in [0.2, 0.25) is 5.02 Å². The van der Waals surface area contributed by atoms with Crippen LogP contribution in [0.5, 0.6) is 0 Å². The molecule has 3 N–H and O–H groups in total. The number of aromatic nitrogens is 2. The van der Waals surface area contributed by atoms with E-state index in [0.717, 1.165) is 49.8 Å². The van der Waals surface area contributed by atoms with Crippen LogP contribution in [0.25, 0.3) is 0 Å². The average Bonchev–Trinajstić information content (AvgIpc) is 3.25. The third-order valence-corrected chi connectivity index (χ3v) is 7.88. The molecule has 0 radical (unpaired) electrons. The normalized spacial score (nSPS) is 23.4. The fraction of sp³-hybridized carbons (Fsp3) is 0.538. The van der Waals surface area contributed by atoms with E-state index in [1.54, 1.807) is 24.0 Å². The van der Waals surface area contributed by atoms with Crippen LogP contribution >= 0.6 is 11.6 Å². The molecule has 9 nitrogen and oxygen atoms in total. The van der Waals surface area contributed by atoms with Crippen LogP contribution in [0.15, 0.2) is 24.3 Å². The van der Waals surface area contributed by atoms with Gasteiger partial charge in [-0.05, 0) is 70.1 Å². The first-order chi connectivity index (χ1) is 17.2. The first-order valence-electron chi connectivity index (χ1n) is 12.7. The Morgan fingerprint density at radius 2 is 2.08 bits per heavy atom. The van der Waals surface area contributed by atoms with E-state index in [4.69, 9.17) is 16.3 Å². The highest BCUT2D eigenvalue weighted by Crippen LogP contribution is 2.38. The molecule has 3 atom stereocenters. The number of ether oxygens (including phenoxy) is 1. The highest BCUT2D eigenvalue weighted by atomic mass is 35.5. The summed E-state index contributed by atoms with van der Waals surface area (Å²) in [6, 6.07) is 7.24. The van der Waals surface area contributed by atoms with Crippen LogP contribution in [0, 0.1) is 0 Å². The second-order valence-corrected chi connectivity index (χ2v) is 10.9. The van der Waals surface area contributed by atoms with E-state index in [1.165, 1.54) is 0 Å². The zero-order valence-electron chi connectivity index (χ0n) is 20.6. The summed E-state index contributed by atoms with van der Waals surface area (Å²) in [5, 5.41) is 13.6. The molecule has 36 heavy (non-hydrogen) atoms. The molecule has 2 heterocycles. The minimum absolute atomic E-state index is 0.0702. The van der Waals surface area contributed by atoms with E-state index in [2.05, 4.69) is 20.8 Å². The second kappa shape index (κ2) is 9.76. The van der Waals surface area contributed by atoms with E-state index in [0.29, 0.717) is 29.5 Å². The number of benzene rings is 1. The maximum atomic E-state index is 12.9. The predicted molar refractivity (Wildman–Crippen MR) is 136 cm³/mol. The number of alkyl carbamates (subject to hydrolysis) is 1. The van der Waals surface area contributed by atoms with Gasteiger partial charge < -0.3 is 20.3 Å². The lowest BCUT2D eigenvalue weighted by molar-refractivity contribution is -0.118. The molecule has 2 saturated carbocycles. The molecule has 0 spiro atoms. The minimum atomic E-state index is -0.456. The van der Waals surface area contributed by atoms with Crippen molar-refractivity contribution >= 4 is 41.0 Å². The molecule has 3 aliphatic rings. The van der Waals surface area contributed by atoms with Crippen molar-refractivity contribution < 1.29 is 19.1 Å². The average molecular weight is 514 g/mol. The van der Waals surface area contributed by atoms with Gasteiger partial charge in [-0.15, -0.1) is 0 Å². The minimum Gasteiger partial charge on any atom is -0.446 e. The Balaban J connectivity index is 1.15. The molecule has 3 fully saturated rings. The van der Waals surface area contributed by atoms with Crippen molar-refractivity contribution in [2.75, 3.05) is 16.8 Å². The number of nitrogens with zero attached hydrogens (tertiary/aromatic N) is 2. The van der Waals surface area contributed by atoms with E-state index in [1.807, 2.05) is 19.1 Å². The molecule has 3 amide bonds. The standard InChI is InChI=1S/C26H32ClN5O4/c1-15(16-6-8-21(19(27)13-16)32-11-3-4-23(32)33)24(34)28-22-14-20(30-31-22)17-5-7-18(12-17)36-25(35)29-26(2)9-10-26/h6,8,13-15,17-18H,3-5,7,9-12H2,1-2H3,(H,29,35)(H2,28,30,31,34)/t15?,17-,18+/m0/s1. The van der Waals surface area contributed by atoms with Gasteiger partial charge in [0.1, 0.15) is 6.10 Å². The fourth-order valence-corrected chi connectivity index (χ4v) is 5.27. The van der Waals surface area contributed by atoms with Gasteiger partial charge in [0.25, 0.3) is 0 Å². The maximum Gasteiger partial charge on any atom is 0.407 e. The van der Waals surface area contributed by atoms with E-state index in [-0.39, 0.29) is 35.5 Å². The molecule has 1 saturated heterocycles. The van der Waals surface area contributed by atoms with Gasteiger partial charge in [0.05, 0.1) is 16.6 Å². The molecule has 2 aromatic rings. The summed E-state index contributed by atoms with van der Waals surface area (Å²) in [6.45, 7) is 4.49. The molecule has 10 heteroatoms. The zero-order valence-corrected chi connectivity index (χ0v) is 21.4. The summed E-state index contributed by atoms with van der Waals surface area (Å²) in [6.07, 6.45) is 5.28. The molecule has 1 aliphatic heterocycles. The Hall–Kier alpha value is -3.07. The molecule has 1 aromatic heterocycles. The van der Waals surface area contributed by atoms with Gasteiger partial charge in [-0.1, -0.05) is 17.7 Å². The molecule has 0 bridgehead atoms. The Bertz CT molecular complexity index is 1180. The van der Waals surface area contributed by atoms with Gasteiger partial charge in [-0.25, -0.2) is 4.79 Å². The lowest BCUT2D eigenvalue weighted by Gasteiger charge is -2.19. The van der Waals surface area contributed by atoms with Crippen LogP contribution in [0.4, 0.5) is 16.3 Å². The lowest BCUT2D eigenvalue weighted by atomic mass is 9.99. The summed E-state index contributed by atoms with van der Waals surface area (Å²) in [5.41, 5.74) is 2.27. The fourth-order valence-electron chi connectivity index (χ4n) is 4.98. The summed E-state index contributed by atoms with van der Waals surface area (Å²) in [4.78, 5) is 38.7. The summed E-state index contributed by atoms with van der Waals surface area (Å²) in [7, 11) is 0. The number of hydrogen-bond donors (Lipinski definition) is 3. The van der Waals surface area contributed by atoms with E-state index < -0.39 is 5.92 Å². The molecule has 1 aromatic carbocycles. The first kappa shape index (κ1) is 24.6. The Morgan fingerprint density at radius 3 is 2.78 bits per heavy atom. The van der Waals surface area contributed by atoms with Gasteiger partial charge in [0.15, 0.2) is 5.82 Å². The summed E-state index contributed by atoms with van der Waals surface area (Å²) < 4.78 is 5.60. The van der Waals surface area contributed by atoms with Crippen LogP contribution < -0.4 is 15.5 Å². The number of H-pyrrole nitrogens is 1. The number of nitrogens with one attached hydrogen (secondary N) is 3. The molecular weight excluding hydrogens is 482 g/mol. The molecule has 5 rings (SSSR count). The zero-order chi connectivity index (χ0) is 25.4.